The molecule has 142 valence electrons. The second-order valence-corrected chi connectivity index (χ2v) is 5.90. The van der Waals surface area contributed by atoms with Gasteiger partial charge in [0.25, 0.3) is 5.69 Å². The van der Waals surface area contributed by atoms with Gasteiger partial charge in [0.15, 0.2) is 0 Å². The lowest BCUT2D eigenvalue weighted by Crippen LogP contribution is -2.46. The van der Waals surface area contributed by atoms with Crippen molar-refractivity contribution in [1.82, 2.24) is 5.32 Å². The minimum atomic E-state index is -4.68. The Kier molecular flexibility index (Phi) is 4.89. The average molecular weight is 380 g/mol. The highest BCUT2D eigenvalue weighted by Crippen LogP contribution is 2.36. The number of nitrogens with zero attached hydrogens (tertiary/aromatic N) is 2. The van der Waals surface area contributed by atoms with E-state index in [1.54, 1.807) is 24.3 Å². The summed E-state index contributed by atoms with van der Waals surface area (Å²) >= 11 is 0. The first-order chi connectivity index (χ1) is 12.8. The summed E-state index contributed by atoms with van der Waals surface area (Å²) in [4.78, 5) is 23.8. The quantitative estimate of drug-likeness (QED) is 0.612. The molecule has 1 aliphatic heterocycles. The van der Waals surface area contributed by atoms with Gasteiger partial charge < -0.3 is 10.6 Å². The van der Waals surface area contributed by atoms with Crippen LogP contribution in [0.15, 0.2) is 42.5 Å². The summed E-state index contributed by atoms with van der Waals surface area (Å²) in [6.45, 7) is 1.11. The predicted molar refractivity (Wildman–Crippen MR) is 93.2 cm³/mol. The lowest BCUT2D eigenvalue weighted by molar-refractivity contribution is -0.384. The molecule has 0 bridgehead atoms. The van der Waals surface area contributed by atoms with Crippen molar-refractivity contribution in [2.45, 2.75) is 12.6 Å². The number of anilines is 3. The van der Waals surface area contributed by atoms with Crippen LogP contribution in [0.25, 0.3) is 0 Å². The first-order valence-corrected chi connectivity index (χ1v) is 8.04. The molecule has 1 saturated heterocycles. The highest BCUT2D eigenvalue weighted by Gasteiger charge is 2.33. The van der Waals surface area contributed by atoms with Crippen molar-refractivity contribution >= 4 is 28.8 Å². The Morgan fingerprint density at radius 1 is 1.19 bits per heavy atom. The van der Waals surface area contributed by atoms with E-state index in [4.69, 9.17) is 0 Å². The molecule has 2 aromatic carbocycles. The number of carbonyl (C=O) groups excluding carboxylic acids is 1. The van der Waals surface area contributed by atoms with Crippen molar-refractivity contribution < 1.29 is 22.9 Å². The van der Waals surface area contributed by atoms with Crippen LogP contribution in [0, 0.1) is 10.1 Å². The van der Waals surface area contributed by atoms with Crippen LogP contribution in [0.4, 0.5) is 40.7 Å². The van der Waals surface area contributed by atoms with Crippen LogP contribution in [0.2, 0.25) is 0 Å². The molecule has 0 saturated carbocycles. The molecule has 2 amide bonds. The van der Waals surface area contributed by atoms with Gasteiger partial charge in [-0.05, 0) is 36.8 Å². The van der Waals surface area contributed by atoms with Gasteiger partial charge in [0.05, 0.1) is 10.5 Å². The Labute approximate surface area is 151 Å². The minimum Gasteiger partial charge on any atom is -0.350 e. The summed E-state index contributed by atoms with van der Waals surface area (Å²) in [6.07, 6.45) is -3.90. The smallest absolute Gasteiger partial charge is 0.350 e. The van der Waals surface area contributed by atoms with Crippen molar-refractivity contribution in [2.75, 3.05) is 23.3 Å². The van der Waals surface area contributed by atoms with E-state index < -0.39 is 22.4 Å². The van der Waals surface area contributed by atoms with Crippen molar-refractivity contribution in [2.24, 2.45) is 0 Å². The molecule has 1 heterocycles. The molecule has 0 radical (unpaired) electrons. The number of nitrogens with one attached hydrogen (secondary N) is 2. The molecule has 27 heavy (non-hydrogen) atoms. The van der Waals surface area contributed by atoms with Crippen molar-refractivity contribution in [1.29, 1.82) is 0 Å². The van der Waals surface area contributed by atoms with Gasteiger partial charge in [-0.3, -0.25) is 15.0 Å². The summed E-state index contributed by atoms with van der Waals surface area (Å²) in [5, 5.41) is 16.7. The number of halogens is 3. The fourth-order valence-electron chi connectivity index (χ4n) is 2.75. The zero-order valence-electron chi connectivity index (χ0n) is 13.9. The zero-order valence-corrected chi connectivity index (χ0v) is 13.9. The van der Waals surface area contributed by atoms with Crippen LogP contribution in [-0.2, 0) is 6.18 Å². The number of hydrogen-bond donors (Lipinski definition) is 2. The molecule has 0 unspecified atom stereocenters. The Bertz CT molecular complexity index is 886. The number of rotatable bonds is 4. The summed E-state index contributed by atoms with van der Waals surface area (Å²) in [6, 6.07) is 8.59. The van der Waals surface area contributed by atoms with E-state index in [0.717, 1.165) is 18.6 Å². The summed E-state index contributed by atoms with van der Waals surface area (Å²) in [7, 11) is 0. The second kappa shape index (κ2) is 7.14. The molecule has 0 aromatic heterocycles. The molecule has 10 heteroatoms. The molecule has 2 N–H and O–H groups in total. The summed E-state index contributed by atoms with van der Waals surface area (Å²) < 4.78 is 38.4. The number of benzene rings is 2. The predicted octanol–water partition coefficient (Wildman–Crippen LogP) is 4.28. The molecule has 0 aliphatic carbocycles. The van der Waals surface area contributed by atoms with Gasteiger partial charge in [0.1, 0.15) is 5.69 Å². The standard InChI is InChI=1S/C17H15F3N4O3/c18-17(19,20)11-5-6-14(15(9-11)24(26)27)22-12-3-1-4-13(10-12)23-8-2-7-21-16(23)25/h1,3-6,9-10,22H,2,7-8H2,(H,21,25). The minimum absolute atomic E-state index is 0.0757. The maximum atomic E-state index is 12.8. The highest BCUT2D eigenvalue weighted by atomic mass is 19.4. The van der Waals surface area contributed by atoms with E-state index in [1.165, 1.54) is 4.90 Å². The molecule has 0 spiro atoms. The van der Waals surface area contributed by atoms with E-state index in [-0.39, 0.29) is 11.7 Å². The van der Waals surface area contributed by atoms with Gasteiger partial charge in [0, 0.05) is 30.5 Å². The van der Waals surface area contributed by atoms with Crippen molar-refractivity contribution in [3.8, 4) is 0 Å². The Hall–Kier alpha value is -3.30. The van der Waals surface area contributed by atoms with Gasteiger partial charge >= 0.3 is 12.2 Å². The van der Waals surface area contributed by atoms with Crippen molar-refractivity contribution in [3.63, 3.8) is 0 Å². The van der Waals surface area contributed by atoms with Gasteiger partial charge in [-0.1, -0.05) is 6.07 Å². The molecule has 1 fully saturated rings. The van der Waals surface area contributed by atoms with E-state index in [9.17, 15) is 28.1 Å². The number of carbonyl (C=O) groups is 1. The van der Waals surface area contributed by atoms with Gasteiger partial charge in [-0.15, -0.1) is 0 Å². The maximum Gasteiger partial charge on any atom is 0.416 e. The van der Waals surface area contributed by atoms with E-state index >= 15 is 0 Å². The number of nitro groups is 1. The molecule has 2 aromatic rings. The van der Waals surface area contributed by atoms with E-state index in [0.29, 0.717) is 30.5 Å². The first kappa shape index (κ1) is 18.5. The van der Waals surface area contributed by atoms with Gasteiger partial charge in [-0.25, -0.2) is 4.79 Å². The normalized spacial score (nSPS) is 14.6. The number of urea groups is 1. The lowest BCUT2D eigenvalue weighted by atomic mass is 10.1. The number of amides is 2. The van der Waals surface area contributed by atoms with E-state index in [2.05, 4.69) is 10.6 Å². The van der Waals surface area contributed by atoms with Gasteiger partial charge in [0.2, 0.25) is 0 Å². The molecular weight excluding hydrogens is 365 g/mol. The zero-order chi connectivity index (χ0) is 19.6. The largest absolute Gasteiger partial charge is 0.416 e. The fraction of sp³-hybridized carbons (Fsp3) is 0.235. The van der Waals surface area contributed by atoms with Crippen LogP contribution in [-0.4, -0.2) is 24.0 Å². The lowest BCUT2D eigenvalue weighted by Gasteiger charge is -2.27. The molecule has 7 nitrogen and oxygen atoms in total. The summed E-state index contributed by atoms with van der Waals surface area (Å²) in [5.41, 5.74) is -0.877. The third kappa shape index (κ3) is 4.10. The third-order valence-electron chi connectivity index (χ3n) is 4.04. The van der Waals surface area contributed by atoms with E-state index in [1.807, 2.05) is 0 Å². The van der Waals surface area contributed by atoms with Gasteiger partial charge in [-0.2, -0.15) is 13.2 Å². The number of nitro benzene ring substituents is 1. The SMILES string of the molecule is O=C1NCCCN1c1cccc(Nc2ccc(C(F)(F)F)cc2[N+](=O)[O-])c1. The van der Waals surface area contributed by atoms with Crippen molar-refractivity contribution in [3.05, 3.63) is 58.1 Å². The number of alkyl halides is 3. The second-order valence-electron chi connectivity index (χ2n) is 5.90. The molecule has 1 aliphatic rings. The fourth-order valence-corrected chi connectivity index (χ4v) is 2.75. The highest BCUT2D eigenvalue weighted by molar-refractivity contribution is 5.93. The molecular formula is C17H15F3N4O3. The average Bonchev–Trinajstić information content (AvgIpc) is 2.61. The Morgan fingerprint density at radius 2 is 1.96 bits per heavy atom. The monoisotopic (exact) mass is 380 g/mol. The Balaban J connectivity index is 1.90. The Morgan fingerprint density at radius 3 is 2.63 bits per heavy atom. The van der Waals surface area contributed by atoms with Crippen LogP contribution in [0.3, 0.4) is 0 Å². The maximum absolute atomic E-state index is 12.8. The first-order valence-electron chi connectivity index (χ1n) is 8.04. The van der Waals surface area contributed by atoms with Crippen LogP contribution < -0.4 is 15.5 Å². The molecule has 0 atom stereocenters. The number of hydrogen-bond acceptors (Lipinski definition) is 4. The van der Waals surface area contributed by atoms with Crippen LogP contribution in [0.5, 0.6) is 0 Å². The van der Waals surface area contributed by atoms with Crippen LogP contribution in [0.1, 0.15) is 12.0 Å². The third-order valence-corrected chi connectivity index (χ3v) is 4.04. The topological polar surface area (TPSA) is 87.5 Å². The molecule has 3 rings (SSSR count). The summed E-state index contributed by atoms with van der Waals surface area (Å²) in [5.74, 6) is 0. The van der Waals surface area contributed by atoms with Crippen LogP contribution >= 0.6 is 0 Å².